The van der Waals surface area contributed by atoms with Crippen molar-refractivity contribution < 1.29 is 15.0 Å². The number of aromatic carboxylic acids is 1. The van der Waals surface area contributed by atoms with E-state index in [2.05, 4.69) is 4.98 Å². The molecule has 0 aromatic carbocycles. The number of carbonyl (C=O) groups is 1. The zero-order chi connectivity index (χ0) is 10.0. The molecule has 86 valence electrons. The van der Waals surface area contributed by atoms with Crippen LogP contribution in [0.15, 0.2) is 11.0 Å². The second-order valence-corrected chi connectivity index (χ2v) is 2.53. The van der Waals surface area contributed by atoms with Gasteiger partial charge in [-0.3, -0.25) is 4.79 Å². The number of aromatic hydroxyl groups is 1. The van der Waals surface area contributed by atoms with Crippen molar-refractivity contribution in [1.82, 2.24) is 4.98 Å². The van der Waals surface area contributed by atoms with Crippen LogP contribution >= 0.6 is 24.8 Å². The van der Waals surface area contributed by atoms with E-state index in [9.17, 15) is 14.7 Å². The number of H-pyrrole nitrogens is 1. The third kappa shape index (κ3) is 3.14. The molecule has 1 heterocycles. The summed E-state index contributed by atoms with van der Waals surface area (Å²) in [5, 5.41) is 17.9. The molecular formula is C8H11Cl2NO4. The average molecular weight is 256 g/mol. The Balaban J connectivity index is 0. The Morgan fingerprint density at radius 2 is 2.00 bits per heavy atom. The van der Waals surface area contributed by atoms with E-state index < -0.39 is 22.8 Å². The number of carboxylic acid groups (broad SMARTS) is 1. The van der Waals surface area contributed by atoms with E-state index in [0.29, 0.717) is 12.0 Å². The predicted molar refractivity (Wildman–Crippen MR) is 59.6 cm³/mol. The highest BCUT2D eigenvalue weighted by atomic mass is 35.5. The van der Waals surface area contributed by atoms with Gasteiger partial charge in [0.1, 0.15) is 5.75 Å². The molecule has 0 saturated heterocycles. The van der Waals surface area contributed by atoms with Crippen LogP contribution in [0.5, 0.6) is 5.75 Å². The summed E-state index contributed by atoms with van der Waals surface area (Å²) in [6.45, 7) is 1.75. The molecular weight excluding hydrogens is 245 g/mol. The summed E-state index contributed by atoms with van der Waals surface area (Å²) in [4.78, 5) is 23.7. The highest BCUT2D eigenvalue weighted by Crippen LogP contribution is 2.18. The second-order valence-electron chi connectivity index (χ2n) is 2.53. The number of carboxylic acids is 1. The number of aromatic nitrogens is 1. The smallest absolute Gasteiger partial charge is 0.345 e. The Kier molecular flexibility index (Phi) is 6.84. The molecule has 0 spiro atoms. The third-order valence-corrected chi connectivity index (χ3v) is 1.74. The van der Waals surface area contributed by atoms with E-state index in [1.165, 1.54) is 6.20 Å². The lowest BCUT2D eigenvalue weighted by atomic mass is 10.1. The van der Waals surface area contributed by atoms with Crippen LogP contribution < -0.4 is 5.56 Å². The van der Waals surface area contributed by atoms with Crippen molar-refractivity contribution in [2.45, 2.75) is 13.3 Å². The maximum atomic E-state index is 11.0. The fraction of sp³-hybridized carbons (Fsp3) is 0.250. The molecule has 7 heteroatoms. The molecule has 0 aliphatic rings. The molecule has 1 aromatic rings. The normalized spacial score (nSPS) is 8.60. The number of nitrogens with one attached hydrogen (secondary N) is 1. The first-order valence-electron chi connectivity index (χ1n) is 3.74. The van der Waals surface area contributed by atoms with Crippen LogP contribution in [0, 0.1) is 0 Å². The largest absolute Gasteiger partial charge is 0.506 e. The van der Waals surface area contributed by atoms with Crippen LogP contribution in [0.4, 0.5) is 0 Å². The molecule has 1 aromatic heterocycles. The Hall–Kier alpha value is -1.20. The molecule has 0 saturated carbocycles. The zero-order valence-electron chi connectivity index (χ0n) is 7.81. The molecule has 15 heavy (non-hydrogen) atoms. The monoisotopic (exact) mass is 255 g/mol. The summed E-state index contributed by atoms with van der Waals surface area (Å²) >= 11 is 0. The minimum Gasteiger partial charge on any atom is -0.506 e. The van der Waals surface area contributed by atoms with Gasteiger partial charge in [-0.2, -0.15) is 0 Å². The Labute approximate surface area is 98.0 Å². The lowest BCUT2D eigenvalue weighted by Crippen LogP contribution is -2.18. The zero-order valence-corrected chi connectivity index (χ0v) is 9.44. The number of aromatic amines is 1. The summed E-state index contributed by atoms with van der Waals surface area (Å²) in [6.07, 6.45) is 1.77. The van der Waals surface area contributed by atoms with E-state index in [-0.39, 0.29) is 24.8 Å². The van der Waals surface area contributed by atoms with Gasteiger partial charge in [-0.1, -0.05) is 6.92 Å². The van der Waals surface area contributed by atoms with Crippen molar-refractivity contribution in [1.29, 1.82) is 0 Å². The standard InChI is InChI=1S/C8H9NO4.2ClH/c1-2-4-3-9-7(11)5(6(4)10)8(12)13;;/h3H,2H2,1H3,(H,12,13)(H2,9,10,11);2*1H. The van der Waals surface area contributed by atoms with Crippen LogP contribution in [-0.4, -0.2) is 21.2 Å². The van der Waals surface area contributed by atoms with Gasteiger partial charge in [-0.25, -0.2) is 4.79 Å². The van der Waals surface area contributed by atoms with Gasteiger partial charge in [-0.15, -0.1) is 24.8 Å². The summed E-state index contributed by atoms with van der Waals surface area (Å²) < 4.78 is 0. The summed E-state index contributed by atoms with van der Waals surface area (Å²) in [5.74, 6) is -1.87. The molecule has 0 amide bonds. The lowest BCUT2D eigenvalue weighted by molar-refractivity contribution is 0.0691. The summed E-state index contributed by atoms with van der Waals surface area (Å²) in [6, 6.07) is 0. The lowest BCUT2D eigenvalue weighted by Gasteiger charge is -2.02. The van der Waals surface area contributed by atoms with Crippen molar-refractivity contribution in [3.63, 3.8) is 0 Å². The molecule has 0 aliphatic carbocycles. The first kappa shape index (κ1) is 16.2. The predicted octanol–water partition coefficient (Wildman–Crippen LogP) is 1.18. The van der Waals surface area contributed by atoms with Crippen molar-refractivity contribution >= 4 is 30.8 Å². The maximum Gasteiger partial charge on any atom is 0.345 e. The van der Waals surface area contributed by atoms with E-state index in [4.69, 9.17) is 5.11 Å². The number of hydrogen-bond donors (Lipinski definition) is 3. The number of aryl methyl sites for hydroxylation is 1. The minimum atomic E-state index is -1.42. The second kappa shape index (κ2) is 6.31. The molecule has 0 unspecified atom stereocenters. The van der Waals surface area contributed by atoms with Crippen molar-refractivity contribution in [2.75, 3.05) is 0 Å². The van der Waals surface area contributed by atoms with Crippen LogP contribution in [-0.2, 0) is 6.42 Å². The third-order valence-electron chi connectivity index (χ3n) is 1.74. The van der Waals surface area contributed by atoms with Gasteiger partial charge in [0.25, 0.3) is 5.56 Å². The molecule has 1 rings (SSSR count). The Morgan fingerprint density at radius 3 is 2.40 bits per heavy atom. The fourth-order valence-corrected chi connectivity index (χ4v) is 1.03. The first-order valence-corrected chi connectivity index (χ1v) is 3.74. The maximum absolute atomic E-state index is 11.0. The van der Waals surface area contributed by atoms with E-state index in [1.807, 2.05) is 0 Å². The number of rotatable bonds is 2. The van der Waals surface area contributed by atoms with E-state index in [0.717, 1.165) is 0 Å². The molecule has 0 aliphatic heterocycles. The van der Waals surface area contributed by atoms with Gasteiger partial charge in [0, 0.05) is 11.8 Å². The van der Waals surface area contributed by atoms with Crippen molar-refractivity contribution in [3.8, 4) is 5.75 Å². The van der Waals surface area contributed by atoms with Gasteiger partial charge in [0.2, 0.25) is 0 Å². The van der Waals surface area contributed by atoms with Gasteiger partial charge in [-0.05, 0) is 6.42 Å². The first-order chi connectivity index (χ1) is 6.07. The Bertz CT molecular complexity index is 402. The highest BCUT2D eigenvalue weighted by Gasteiger charge is 2.16. The molecule has 3 N–H and O–H groups in total. The SMILES string of the molecule is CCc1c[nH]c(=O)c(C(=O)O)c1O.Cl.Cl. The molecule has 0 fully saturated rings. The van der Waals surface area contributed by atoms with E-state index >= 15 is 0 Å². The highest BCUT2D eigenvalue weighted by molar-refractivity contribution is 5.90. The number of hydrogen-bond acceptors (Lipinski definition) is 3. The van der Waals surface area contributed by atoms with Crippen LogP contribution in [0.3, 0.4) is 0 Å². The van der Waals surface area contributed by atoms with Crippen molar-refractivity contribution in [3.05, 3.63) is 27.7 Å². The topological polar surface area (TPSA) is 90.4 Å². The fourth-order valence-electron chi connectivity index (χ4n) is 1.03. The van der Waals surface area contributed by atoms with Gasteiger partial charge < -0.3 is 15.2 Å². The molecule has 0 atom stereocenters. The van der Waals surface area contributed by atoms with Gasteiger partial charge in [0.05, 0.1) is 0 Å². The minimum absolute atomic E-state index is 0. The average Bonchev–Trinajstić information content (AvgIpc) is 2.04. The van der Waals surface area contributed by atoms with Crippen LogP contribution in [0.1, 0.15) is 22.8 Å². The van der Waals surface area contributed by atoms with Crippen LogP contribution in [0.25, 0.3) is 0 Å². The quantitative estimate of drug-likeness (QED) is 0.741. The summed E-state index contributed by atoms with van der Waals surface area (Å²) in [7, 11) is 0. The van der Waals surface area contributed by atoms with Gasteiger partial charge in [0.15, 0.2) is 5.56 Å². The van der Waals surface area contributed by atoms with Crippen LogP contribution in [0.2, 0.25) is 0 Å². The number of pyridine rings is 1. The molecule has 0 radical (unpaired) electrons. The number of halogens is 2. The molecule has 5 nitrogen and oxygen atoms in total. The Morgan fingerprint density at radius 1 is 1.47 bits per heavy atom. The van der Waals surface area contributed by atoms with E-state index in [1.54, 1.807) is 6.92 Å². The van der Waals surface area contributed by atoms with Crippen molar-refractivity contribution in [2.24, 2.45) is 0 Å². The van der Waals surface area contributed by atoms with Gasteiger partial charge >= 0.3 is 5.97 Å². The summed E-state index contributed by atoms with van der Waals surface area (Å²) in [5.41, 5.74) is -0.974. The molecule has 0 bridgehead atoms.